The minimum absolute atomic E-state index is 0.00676. The summed E-state index contributed by atoms with van der Waals surface area (Å²) in [5, 5.41) is 0. The molecular formula is C10H10F2O2. The van der Waals surface area contributed by atoms with Gasteiger partial charge in [0.1, 0.15) is 5.78 Å². The highest BCUT2D eigenvalue weighted by atomic mass is 19.1. The van der Waals surface area contributed by atoms with Crippen LogP contribution in [-0.4, -0.2) is 12.4 Å². The Morgan fingerprint density at radius 3 is 2.43 bits per heavy atom. The van der Waals surface area contributed by atoms with Crippen LogP contribution in [0.4, 0.5) is 8.78 Å². The molecule has 0 amide bonds. The number of ketones is 1. The zero-order valence-electron chi connectivity index (χ0n) is 7.72. The van der Waals surface area contributed by atoms with E-state index in [1.54, 1.807) is 0 Å². The molecule has 0 radical (unpaired) electrons. The van der Waals surface area contributed by atoms with E-state index in [0.29, 0.717) is 0 Å². The maximum Gasteiger partial charge on any atom is 0.190 e. The third-order valence-electron chi connectivity index (χ3n) is 1.62. The maximum absolute atomic E-state index is 12.9. The summed E-state index contributed by atoms with van der Waals surface area (Å²) in [7, 11) is 0. The Bertz CT molecular complexity index is 317. The highest BCUT2D eigenvalue weighted by Crippen LogP contribution is 2.20. The fraction of sp³-hybridized carbons (Fsp3) is 0.300. The van der Waals surface area contributed by atoms with Crippen LogP contribution in [0.1, 0.15) is 13.3 Å². The van der Waals surface area contributed by atoms with Gasteiger partial charge in [0.15, 0.2) is 17.4 Å². The van der Waals surface area contributed by atoms with Crippen LogP contribution in [0.3, 0.4) is 0 Å². The van der Waals surface area contributed by atoms with Crippen molar-refractivity contribution in [3.05, 3.63) is 29.8 Å². The molecule has 0 aromatic heterocycles. The van der Waals surface area contributed by atoms with Gasteiger partial charge in [0.25, 0.3) is 0 Å². The Labute approximate surface area is 80.5 Å². The first kappa shape index (κ1) is 10.6. The van der Waals surface area contributed by atoms with Crippen LogP contribution < -0.4 is 4.74 Å². The van der Waals surface area contributed by atoms with Crippen LogP contribution >= 0.6 is 0 Å². The summed E-state index contributed by atoms with van der Waals surface area (Å²) in [6.07, 6.45) is 0.147. The third-order valence-corrected chi connectivity index (χ3v) is 1.62. The van der Waals surface area contributed by atoms with Crippen LogP contribution in [0, 0.1) is 11.6 Å². The van der Waals surface area contributed by atoms with Crippen molar-refractivity contribution < 1.29 is 18.3 Å². The van der Waals surface area contributed by atoms with E-state index in [9.17, 15) is 13.6 Å². The summed E-state index contributed by atoms with van der Waals surface area (Å²) in [6.45, 7) is 1.38. The molecule has 14 heavy (non-hydrogen) atoms. The van der Waals surface area contributed by atoms with E-state index in [2.05, 4.69) is 0 Å². The SMILES string of the molecule is CC(=O)CCOc1c(F)cccc1F. The molecule has 0 unspecified atom stereocenters. The van der Waals surface area contributed by atoms with Gasteiger partial charge in [-0.15, -0.1) is 0 Å². The van der Waals surface area contributed by atoms with Gasteiger partial charge < -0.3 is 4.74 Å². The van der Waals surface area contributed by atoms with Crippen molar-refractivity contribution in [1.29, 1.82) is 0 Å². The highest BCUT2D eigenvalue weighted by molar-refractivity contribution is 5.75. The number of Topliss-reactive ketones (excluding diaryl/α,β-unsaturated/α-hetero) is 1. The van der Waals surface area contributed by atoms with Gasteiger partial charge >= 0.3 is 0 Å². The molecular weight excluding hydrogens is 190 g/mol. The summed E-state index contributed by atoms with van der Waals surface area (Å²) in [6, 6.07) is 3.46. The predicted molar refractivity (Wildman–Crippen MR) is 47.2 cm³/mol. The summed E-state index contributed by atoms with van der Waals surface area (Å²) in [5.41, 5.74) is 0. The van der Waals surface area contributed by atoms with Crippen LogP contribution in [0.25, 0.3) is 0 Å². The Balaban J connectivity index is 2.62. The van der Waals surface area contributed by atoms with E-state index in [1.807, 2.05) is 0 Å². The third kappa shape index (κ3) is 2.80. The molecule has 4 heteroatoms. The number of benzene rings is 1. The molecule has 0 saturated carbocycles. The van der Waals surface area contributed by atoms with Gasteiger partial charge in [-0.3, -0.25) is 4.79 Å². The van der Waals surface area contributed by atoms with E-state index in [-0.39, 0.29) is 18.8 Å². The number of para-hydroxylation sites is 1. The molecule has 76 valence electrons. The first-order valence-corrected chi connectivity index (χ1v) is 4.17. The number of carbonyl (C=O) groups excluding carboxylic acids is 1. The van der Waals surface area contributed by atoms with Gasteiger partial charge in [-0.2, -0.15) is 0 Å². The number of hydrogen-bond donors (Lipinski definition) is 0. The largest absolute Gasteiger partial charge is 0.487 e. The zero-order chi connectivity index (χ0) is 10.6. The van der Waals surface area contributed by atoms with Crippen LogP contribution in [0.5, 0.6) is 5.75 Å². The Hall–Kier alpha value is -1.45. The van der Waals surface area contributed by atoms with E-state index in [1.165, 1.54) is 13.0 Å². The molecule has 2 nitrogen and oxygen atoms in total. The topological polar surface area (TPSA) is 26.3 Å². The van der Waals surface area contributed by atoms with Gasteiger partial charge in [-0.05, 0) is 19.1 Å². The van der Waals surface area contributed by atoms with Crippen molar-refractivity contribution in [3.8, 4) is 5.75 Å². The van der Waals surface area contributed by atoms with Crippen LogP contribution in [0.15, 0.2) is 18.2 Å². The lowest BCUT2D eigenvalue weighted by Crippen LogP contribution is -2.05. The Kier molecular flexibility index (Phi) is 3.56. The zero-order valence-corrected chi connectivity index (χ0v) is 7.72. The monoisotopic (exact) mass is 200 g/mol. The number of hydrogen-bond acceptors (Lipinski definition) is 2. The average Bonchev–Trinajstić information content (AvgIpc) is 2.09. The molecule has 0 atom stereocenters. The average molecular weight is 200 g/mol. The molecule has 0 aliphatic carbocycles. The number of halogens is 2. The van der Waals surface area contributed by atoms with Crippen molar-refractivity contribution in [3.63, 3.8) is 0 Å². The summed E-state index contributed by atoms with van der Waals surface area (Å²) < 4.78 is 30.7. The molecule has 1 aromatic rings. The Morgan fingerprint density at radius 2 is 1.93 bits per heavy atom. The number of rotatable bonds is 4. The van der Waals surface area contributed by atoms with E-state index in [4.69, 9.17) is 4.74 Å². The lowest BCUT2D eigenvalue weighted by Gasteiger charge is -2.06. The highest BCUT2D eigenvalue weighted by Gasteiger charge is 2.09. The van der Waals surface area contributed by atoms with Crippen molar-refractivity contribution in [2.75, 3.05) is 6.61 Å². The van der Waals surface area contributed by atoms with E-state index < -0.39 is 17.4 Å². The van der Waals surface area contributed by atoms with Gasteiger partial charge in [-0.25, -0.2) is 8.78 Å². The normalized spacial score (nSPS) is 9.93. The molecule has 0 bridgehead atoms. The van der Waals surface area contributed by atoms with Crippen LogP contribution in [-0.2, 0) is 4.79 Å². The molecule has 1 aromatic carbocycles. The van der Waals surface area contributed by atoms with Crippen molar-refractivity contribution >= 4 is 5.78 Å². The minimum atomic E-state index is -0.756. The maximum atomic E-state index is 12.9. The molecule has 0 saturated heterocycles. The summed E-state index contributed by atoms with van der Waals surface area (Å²) >= 11 is 0. The molecule has 0 fully saturated rings. The smallest absolute Gasteiger partial charge is 0.190 e. The summed E-state index contributed by atoms with van der Waals surface area (Å²) in [4.78, 5) is 10.5. The molecule has 0 aliphatic rings. The molecule has 0 N–H and O–H groups in total. The number of ether oxygens (including phenoxy) is 1. The van der Waals surface area contributed by atoms with E-state index in [0.717, 1.165) is 12.1 Å². The Morgan fingerprint density at radius 1 is 1.36 bits per heavy atom. The first-order valence-electron chi connectivity index (χ1n) is 4.17. The molecule has 0 aliphatic heterocycles. The standard InChI is InChI=1S/C10H10F2O2/c1-7(13)5-6-14-10-8(11)3-2-4-9(10)12/h2-4H,5-6H2,1H3. The predicted octanol–water partition coefficient (Wildman–Crippen LogP) is 2.32. The minimum Gasteiger partial charge on any atom is -0.487 e. The van der Waals surface area contributed by atoms with Gasteiger partial charge in [0.05, 0.1) is 6.61 Å². The van der Waals surface area contributed by atoms with Gasteiger partial charge in [0, 0.05) is 6.42 Å². The lowest BCUT2D eigenvalue weighted by atomic mass is 10.3. The second-order valence-corrected chi connectivity index (χ2v) is 2.85. The molecule has 1 rings (SSSR count). The van der Waals surface area contributed by atoms with Crippen molar-refractivity contribution in [2.45, 2.75) is 13.3 Å². The summed E-state index contributed by atoms with van der Waals surface area (Å²) in [5.74, 6) is -2.02. The van der Waals surface area contributed by atoms with Crippen molar-refractivity contribution in [2.24, 2.45) is 0 Å². The van der Waals surface area contributed by atoms with Crippen molar-refractivity contribution in [1.82, 2.24) is 0 Å². The lowest BCUT2D eigenvalue weighted by molar-refractivity contribution is -0.117. The quantitative estimate of drug-likeness (QED) is 0.745. The number of carbonyl (C=O) groups is 1. The van der Waals surface area contributed by atoms with E-state index >= 15 is 0 Å². The van der Waals surface area contributed by atoms with Crippen LogP contribution in [0.2, 0.25) is 0 Å². The van der Waals surface area contributed by atoms with Gasteiger partial charge in [0.2, 0.25) is 0 Å². The second-order valence-electron chi connectivity index (χ2n) is 2.85. The second kappa shape index (κ2) is 4.69. The first-order chi connectivity index (χ1) is 6.61. The molecule has 0 spiro atoms. The fourth-order valence-corrected chi connectivity index (χ4v) is 0.917. The molecule has 0 heterocycles. The fourth-order valence-electron chi connectivity index (χ4n) is 0.917. The van der Waals surface area contributed by atoms with Gasteiger partial charge in [-0.1, -0.05) is 6.07 Å².